The summed E-state index contributed by atoms with van der Waals surface area (Å²) in [5.74, 6) is 1.17. The van der Waals surface area contributed by atoms with Gasteiger partial charge in [0.05, 0.1) is 0 Å². The summed E-state index contributed by atoms with van der Waals surface area (Å²) in [5.41, 5.74) is 3.71. The minimum absolute atomic E-state index is 0.0833. The zero-order valence-corrected chi connectivity index (χ0v) is 16.7. The fourth-order valence-electron chi connectivity index (χ4n) is 3.21. The Kier molecular flexibility index (Phi) is 4.84. The van der Waals surface area contributed by atoms with Gasteiger partial charge in [-0.15, -0.1) is 0 Å². The van der Waals surface area contributed by atoms with Gasteiger partial charge in [0.25, 0.3) is 5.91 Å². The van der Waals surface area contributed by atoms with Crippen LogP contribution in [0.5, 0.6) is 11.5 Å². The van der Waals surface area contributed by atoms with E-state index in [-0.39, 0.29) is 18.1 Å². The van der Waals surface area contributed by atoms with Gasteiger partial charge in [-0.2, -0.15) is 0 Å². The number of amides is 1. The number of nitrogens with zero attached hydrogens (tertiary/aromatic N) is 1. The van der Waals surface area contributed by atoms with E-state index in [9.17, 15) is 4.79 Å². The van der Waals surface area contributed by atoms with Crippen molar-refractivity contribution in [2.45, 2.75) is 26.2 Å². The summed E-state index contributed by atoms with van der Waals surface area (Å²) in [6.07, 6.45) is 1.61. The molecule has 0 spiro atoms. The van der Waals surface area contributed by atoms with Gasteiger partial charge < -0.3 is 20.1 Å². The summed E-state index contributed by atoms with van der Waals surface area (Å²) in [6, 6.07) is 17.0. The van der Waals surface area contributed by atoms with Crippen molar-refractivity contribution in [2.75, 3.05) is 17.4 Å². The first-order chi connectivity index (χ1) is 13.9. The number of carbonyl (C=O) groups is 1. The molecule has 0 aliphatic carbocycles. The molecule has 0 fully saturated rings. The highest BCUT2D eigenvalue weighted by Gasteiger charge is 2.19. The molecule has 2 heterocycles. The molecule has 1 aliphatic heterocycles. The average Bonchev–Trinajstić information content (AvgIpc) is 3.15. The molecule has 1 aromatic heterocycles. The molecule has 1 amide bonds. The van der Waals surface area contributed by atoms with Gasteiger partial charge in [0, 0.05) is 29.3 Å². The monoisotopic (exact) mass is 389 g/mol. The highest BCUT2D eigenvalue weighted by atomic mass is 16.7. The van der Waals surface area contributed by atoms with Gasteiger partial charge in [0.2, 0.25) is 6.79 Å². The molecule has 4 rings (SSSR count). The Bertz CT molecular complexity index is 1060. The number of benzene rings is 2. The first-order valence-electron chi connectivity index (χ1n) is 9.44. The summed E-state index contributed by atoms with van der Waals surface area (Å²) >= 11 is 0. The number of nitrogens with one attached hydrogen (secondary N) is 2. The van der Waals surface area contributed by atoms with E-state index in [0.29, 0.717) is 11.4 Å². The van der Waals surface area contributed by atoms with Crippen molar-refractivity contribution in [3.63, 3.8) is 0 Å². The fourth-order valence-corrected chi connectivity index (χ4v) is 3.21. The maximum absolute atomic E-state index is 12.8. The molecular formula is C23H23N3O3. The Labute approximate surface area is 169 Å². The van der Waals surface area contributed by atoms with Gasteiger partial charge in [-0.05, 0) is 41.3 Å². The van der Waals surface area contributed by atoms with Crippen LogP contribution in [0.1, 0.15) is 36.8 Å². The van der Waals surface area contributed by atoms with Gasteiger partial charge in [-0.1, -0.05) is 39.0 Å². The van der Waals surface area contributed by atoms with Crippen molar-refractivity contribution in [3.8, 4) is 11.5 Å². The van der Waals surface area contributed by atoms with E-state index >= 15 is 0 Å². The molecule has 0 bridgehead atoms. The SMILES string of the molecule is CC(C)(C)c1ccccc1NC(=O)c1cc(Nc2ccc3c(c2)OCO3)ccn1. The first kappa shape index (κ1) is 18.8. The van der Waals surface area contributed by atoms with E-state index < -0.39 is 0 Å². The summed E-state index contributed by atoms with van der Waals surface area (Å²) in [6.45, 7) is 6.58. The van der Waals surface area contributed by atoms with Crippen molar-refractivity contribution >= 4 is 23.0 Å². The lowest BCUT2D eigenvalue weighted by molar-refractivity contribution is 0.102. The normalized spacial score (nSPS) is 12.5. The van der Waals surface area contributed by atoms with Crippen LogP contribution in [-0.4, -0.2) is 17.7 Å². The zero-order valence-electron chi connectivity index (χ0n) is 16.7. The van der Waals surface area contributed by atoms with Crippen LogP contribution in [0, 0.1) is 0 Å². The van der Waals surface area contributed by atoms with Crippen LogP contribution in [0.4, 0.5) is 17.1 Å². The Hall–Kier alpha value is -3.54. The summed E-state index contributed by atoms with van der Waals surface area (Å²) < 4.78 is 10.7. The van der Waals surface area contributed by atoms with Crippen LogP contribution in [0.15, 0.2) is 60.8 Å². The number of aromatic nitrogens is 1. The molecule has 6 nitrogen and oxygen atoms in total. The van der Waals surface area contributed by atoms with E-state index in [4.69, 9.17) is 9.47 Å². The molecule has 0 saturated carbocycles. The summed E-state index contributed by atoms with van der Waals surface area (Å²) in [5, 5.41) is 6.27. The van der Waals surface area contributed by atoms with Crippen molar-refractivity contribution < 1.29 is 14.3 Å². The second-order valence-corrected chi connectivity index (χ2v) is 7.87. The van der Waals surface area contributed by atoms with Crippen LogP contribution < -0.4 is 20.1 Å². The molecule has 148 valence electrons. The van der Waals surface area contributed by atoms with Crippen LogP contribution in [-0.2, 0) is 5.41 Å². The second-order valence-electron chi connectivity index (χ2n) is 7.87. The molecule has 29 heavy (non-hydrogen) atoms. The number of rotatable bonds is 4. The van der Waals surface area contributed by atoms with Crippen LogP contribution in [0.3, 0.4) is 0 Å². The van der Waals surface area contributed by atoms with E-state index in [0.717, 1.165) is 28.4 Å². The number of carbonyl (C=O) groups excluding carboxylic acids is 1. The minimum Gasteiger partial charge on any atom is -0.454 e. The van der Waals surface area contributed by atoms with Gasteiger partial charge in [0.1, 0.15) is 5.69 Å². The highest BCUT2D eigenvalue weighted by molar-refractivity contribution is 6.04. The molecule has 0 saturated heterocycles. The van der Waals surface area contributed by atoms with Crippen LogP contribution >= 0.6 is 0 Å². The molecule has 2 aromatic carbocycles. The predicted molar refractivity (Wildman–Crippen MR) is 113 cm³/mol. The van der Waals surface area contributed by atoms with Crippen LogP contribution in [0.2, 0.25) is 0 Å². The molecule has 2 N–H and O–H groups in total. The van der Waals surface area contributed by atoms with E-state index in [2.05, 4.69) is 36.4 Å². The minimum atomic E-state index is -0.254. The van der Waals surface area contributed by atoms with E-state index in [1.807, 2.05) is 48.5 Å². The van der Waals surface area contributed by atoms with Crippen molar-refractivity contribution in [2.24, 2.45) is 0 Å². The molecule has 0 radical (unpaired) electrons. The highest BCUT2D eigenvalue weighted by Crippen LogP contribution is 2.35. The van der Waals surface area contributed by atoms with Gasteiger partial charge in [-0.3, -0.25) is 9.78 Å². The molecule has 3 aromatic rings. The van der Waals surface area contributed by atoms with Gasteiger partial charge in [-0.25, -0.2) is 0 Å². The van der Waals surface area contributed by atoms with E-state index in [1.54, 1.807) is 12.3 Å². The number of ether oxygens (including phenoxy) is 2. The third-order valence-corrected chi connectivity index (χ3v) is 4.64. The summed E-state index contributed by atoms with van der Waals surface area (Å²) in [7, 11) is 0. The maximum Gasteiger partial charge on any atom is 0.274 e. The van der Waals surface area contributed by atoms with Crippen molar-refractivity contribution in [1.29, 1.82) is 0 Å². The van der Waals surface area contributed by atoms with E-state index in [1.165, 1.54) is 0 Å². The Balaban J connectivity index is 1.52. The molecule has 0 atom stereocenters. The molecule has 1 aliphatic rings. The Morgan fingerprint density at radius 2 is 1.72 bits per heavy atom. The number of pyridine rings is 1. The fraction of sp³-hybridized carbons (Fsp3) is 0.217. The topological polar surface area (TPSA) is 72.5 Å². The number of anilines is 3. The standard InChI is InChI=1S/C23H23N3O3/c1-23(2,3)17-6-4-5-7-18(17)26-22(27)19-12-16(10-11-24-19)25-15-8-9-20-21(13-15)29-14-28-20/h4-13H,14H2,1-3H3,(H,24,25)(H,26,27). The average molecular weight is 389 g/mol. The molecule has 6 heteroatoms. The lowest BCUT2D eigenvalue weighted by atomic mass is 9.86. The van der Waals surface area contributed by atoms with Crippen molar-refractivity contribution in [3.05, 3.63) is 72.1 Å². The number of hydrogen-bond donors (Lipinski definition) is 2. The zero-order chi connectivity index (χ0) is 20.4. The molecule has 0 unspecified atom stereocenters. The first-order valence-corrected chi connectivity index (χ1v) is 9.44. The van der Waals surface area contributed by atoms with Gasteiger partial charge >= 0.3 is 0 Å². The molecular weight excluding hydrogens is 366 g/mol. The predicted octanol–water partition coefficient (Wildman–Crippen LogP) is 5.10. The maximum atomic E-state index is 12.8. The third-order valence-electron chi connectivity index (χ3n) is 4.64. The Morgan fingerprint density at radius 1 is 0.966 bits per heavy atom. The third kappa shape index (κ3) is 4.16. The second kappa shape index (κ2) is 7.47. The quantitative estimate of drug-likeness (QED) is 0.649. The lowest BCUT2D eigenvalue weighted by Gasteiger charge is -2.23. The summed E-state index contributed by atoms with van der Waals surface area (Å²) in [4.78, 5) is 17.0. The number of hydrogen-bond acceptors (Lipinski definition) is 5. The van der Waals surface area contributed by atoms with Crippen molar-refractivity contribution in [1.82, 2.24) is 4.98 Å². The lowest BCUT2D eigenvalue weighted by Crippen LogP contribution is -2.19. The Morgan fingerprint density at radius 3 is 2.55 bits per heavy atom. The number of fused-ring (bicyclic) bond motifs is 1. The number of para-hydroxylation sites is 1. The van der Waals surface area contributed by atoms with Crippen LogP contribution in [0.25, 0.3) is 0 Å². The van der Waals surface area contributed by atoms with Gasteiger partial charge in [0.15, 0.2) is 11.5 Å². The smallest absolute Gasteiger partial charge is 0.274 e. The largest absolute Gasteiger partial charge is 0.454 e.